The molecule has 78 valence electrons. The van der Waals surface area contributed by atoms with E-state index in [-0.39, 0.29) is 11.8 Å². The predicted octanol–water partition coefficient (Wildman–Crippen LogP) is -1.28. The summed E-state index contributed by atoms with van der Waals surface area (Å²) in [6.45, 7) is 2.79. The van der Waals surface area contributed by atoms with Crippen LogP contribution in [-0.4, -0.2) is 49.9 Å². The lowest BCUT2D eigenvalue weighted by Gasteiger charge is -2.13. The predicted molar refractivity (Wildman–Crippen MR) is 52.7 cm³/mol. The molecule has 0 saturated heterocycles. The average molecular weight is 197 g/mol. The molecule has 0 fully saturated rings. The van der Waals surface area contributed by atoms with Gasteiger partial charge >= 0.3 is 0 Å². The van der Waals surface area contributed by atoms with Crippen LogP contribution in [0, 0.1) is 0 Å². The molecule has 1 aliphatic rings. The Bertz CT molecular complexity index is 232. The highest BCUT2D eigenvalue weighted by molar-refractivity contribution is 6.12. The quantitative estimate of drug-likeness (QED) is 0.411. The van der Waals surface area contributed by atoms with E-state index in [0.29, 0.717) is 13.1 Å². The fourth-order valence-electron chi connectivity index (χ4n) is 1.18. The first kappa shape index (κ1) is 10.9. The van der Waals surface area contributed by atoms with Crippen LogP contribution in [0.3, 0.4) is 0 Å². The number of carbonyl (C=O) groups excluding carboxylic acids is 2. The minimum Gasteiger partial charge on any atom is -0.318 e. The van der Waals surface area contributed by atoms with Crippen LogP contribution in [0.1, 0.15) is 0 Å². The zero-order valence-corrected chi connectivity index (χ0v) is 8.25. The van der Waals surface area contributed by atoms with Gasteiger partial charge in [0.1, 0.15) is 0 Å². The summed E-state index contributed by atoms with van der Waals surface area (Å²) in [5.74, 6) is -0.434. The maximum absolute atomic E-state index is 11.1. The maximum atomic E-state index is 11.1. The van der Waals surface area contributed by atoms with E-state index in [4.69, 9.17) is 0 Å². The van der Waals surface area contributed by atoms with Crippen LogP contribution >= 0.6 is 0 Å². The minimum atomic E-state index is -0.217. The molecule has 14 heavy (non-hydrogen) atoms. The van der Waals surface area contributed by atoms with Crippen molar-refractivity contribution in [2.75, 3.05) is 33.2 Å². The number of nitrogens with zero attached hydrogens (tertiary/aromatic N) is 1. The zero-order valence-electron chi connectivity index (χ0n) is 8.25. The molecule has 0 aromatic carbocycles. The molecule has 1 rings (SSSR count). The average Bonchev–Trinajstić information content (AvgIpc) is 2.48. The van der Waals surface area contributed by atoms with Crippen LogP contribution in [0.25, 0.3) is 0 Å². The van der Waals surface area contributed by atoms with Crippen molar-refractivity contribution in [2.24, 2.45) is 0 Å². The molecule has 0 aromatic rings. The van der Waals surface area contributed by atoms with Gasteiger partial charge in [0.25, 0.3) is 11.8 Å². The van der Waals surface area contributed by atoms with Gasteiger partial charge in [-0.15, -0.1) is 0 Å². The normalized spacial score (nSPS) is 15.6. The van der Waals surface area contributed by atoms with E-state index in [0.717, 1.165) is 13.1 Å². The van der Waals surface area contributed by atoms with E-state index in [9.17, 15) is 9.59 Å². The molecule has 5 nitrogen and oxygen atoms in total. The van der Waals surface area contributed by atoms with Crippen molar-refractivity contribution in [3.8, 4) is 0 Å². The van der Waals surface area contributed by atoms with Crippen LogP contribution in [-0.2, 0) is 9.59 Å². The second-order valence-corrected chi connectivity index (χ2v) is 3.02. The van der Waals surface area contributed by atoms with Crippen molar-refractivity contribution in [3.05, 3.63) is 12.2 Å². The number of imide groups is 1. The summed E-state index contributed by atoms with van der Waals surface area (Å²) in [5, 5.41) is 6.11. The highest BCUT2D eigenvalue weighted by Gasteiger charge is 2.21. The second-order valence-electron chi connectivity index (χ2n) is 3.02. The van der Waals surface area contributed by atoms with Gasteiger partial charge in [0.05, 0.1) is 0 Å². The number of nitrogens with one attached hydrogen (secondary N) is 2. The van der Waals surface area contributed by atoms with Gasteiger partial charge in [-0.1, -0.05) is 0 Å². The summed E-state index contributed by atoms with van der Waals surface area (Å²) in [7, 11) is 1.87. The number of carbonyl (C=O) groups is 2. The first-order valence-corrected chi connectivity index (χ1v) is 4.64. The van der Waals surface area contributed by atoms with E-state index in [1.807, 2.05) is 7.05 Å². The standard InChI is InChI=1S/C9H15N3O2/c1-10-4-5-11-6-7-12-8(13)2-3-9(12)14/h2-3,10-11H,4-7H2,1H3. The minimum absolute atomic E-state index is 0.217. The molecule has 2 N–H and O–H groups in total. The Kier molecular flexibility index (Phi) is 4.28. The van der Waals surface area contributed by atoms with Gasteiger partial charge in [0.2, 0.25) is 0 Å². The summed E-state index contributed by atoms with van der Waals surface area (Å²) >= 11 is 0. The van der Waals surface area contributed by atoms with Crippen molar-refractivity contribution >= 4 is 11.8 Å². The van der Waals surface area contributed by atoms with Crippen LogP contribution < -0.4 is 10.6 Å². The van der Waals surface area contributed by atoms with Gasteiger partial charge < -0.3 is 10.6 Å². The third-order valence-corrected chi connectivity index (χ3v) is 1.96. The molecule has 1 heterocycles. The van der Waals surface area contributed by atoms with Crippen molar-refractivity contribution in [3.63, 3.8) is 0 Å². The van der Waals surface area contributed by atoms with E-state index in [2.05, 4.69) is 10.6 Å². The third-order valence-electron chi connectivity index (χ3n) is 1.96. The molecular formula is C9H15N3O2. The number of rotatable bonds is 6. The van der Waals surface area contributed by atoms with Crippen LogP contribution in [0.2, 0.25) is 0 Å². The molecule has 0 aliphatic carbocycles. The second kappa shape index (κ2) is 5.51. The number of amides is 2. The van der Waals surface area contributed by atoms with Crippen molar-refractivity contribution in [2.45, 2.75) is 0 Å². The molecule has 0 spiro atoms. The van der Waals surface area contributed by atoms with Gasteiger partial charge in [-0.3, -0.25) is 14.5 Å². The highest BCUT2D eigenvalue weighted by Crippen LogP contribution is 2.01. The molecule has 0 radical (unpaired) electrons. The first-order valence-electron chi connectivity index (χ1n) is 4.64. The fraction of sp³-hybridized carbons (Fsp3) is 0.556. The molecule has 0 aromatic heterocycles. The number of likely N-dealkylation sites (N-methyl/N-ethyl adjacent to an activating group) is 1. The van der Waals surface area contributed by atoms with E-state index < -0.39 is 0 Å². The van der Waals surface area contributed by atoms with Crippen molar-refractivity contribution < 1.29 is 9.59 Å². The van der Waals surface area contributed by atoms with E-state index >= 15 is 0 Å². The molecule has 5 heteroatoms. The lowest BCUT2D eigenvalue weighted by molar-refractivity contribution is -0.136. The molecule has 1 aliphatic heterocycles. The Morgan fingerprint density at radius 1 is 1.14 bits per heavy atom. The van der Waals surface area contributed by atoms with Gasteiger partial charge in [-0.05, 0) is 7.05 Å². The maximum Gasteiger partial charge on any atom is 0.253 e. The summed E-state index contributed by atoms with van der Waals surface area (Å²) in [5.41, 5.74) is 0. The highest BCUT2D eigenvalue weighted by atomic mass is 16.2. The molecule has 0 saturated carbocycles. The Labute approximate surface area is 83.1 Å². The monoisotopic (exact) mass is 197 g/mol. The smallest absolute Gasteiger partial charge is 0.253 e. The van der Waals surface area contributed by atoms with Crippen LogP contribution in [0.4, 0.5) is 0 Å². The lowest BCUT2D eigenvalue weighted by atomic mass is 10.5. The van der Waals surface area contributed by atoms with Gasteiger partial charge in [-0.25, -0.2) is 0 Å². The van der Waals surface area contributed by atoms with Crippen molar-refractivity contribution in [1.29, 1.82) is 0 Å². The molecule has 0 atom stereocenters. The third kappa shape index (κ3) is 2.93. The number of hydrogen-bond donors (Lipinski definition) is 2. The lowest BCUT2D eigenvalue weighted by Crippen LogP contribution is -2.37. The summed E-state index contributed by atoms with van der Waals surface area (Å²) < 4.78 is 0. The van der Waals surface area contributed by atoms with E-state index in [1.54, 1.807) is 0 Å². The molecule has 0 bridgehead atoms. The first-order chi connectivity index (χ1) is 6.75. The molecular weight excluding hydrogens is 182 g/mol. The van der Waals surface area contributed by atoms with Gasteiger partial charge in [0.15, 0.2) is 0 Å². The fourth-order valence-corrected chi connectivity index (χ4v) is 1.18. The SMILES string of the molecule is CNCCNCCN1C(=O)C=CC1=O. The largest absolute Gasteiger partial charge is 0.318 e. The van der Waals surface area contributed by atoms with Crippen molar-refractivity contribution in [1.82, 2.24) is 15.5 Å². The summed E-state index contributed by atoms with van der Waals surface area (Å²) in [6, 6.07) is 0. The molecule has 2 amide bonds. The van der Waals surface area contributed by atoms with Crippen LogP contribution in [0.15, 0.2) is 12.2 Å². The van der Waals surface area contributed by atoms with E-state index in [1.165, 1.54) is 17.1 Å². The van der Waals surface area contributed by atoms with Gasteiger partial charge in [0, 0.05) is 38.3 Å². The Balaban J connectivity index is 2.13. The van der Waals surface area contributed by atoms with Gasteiger partial charge in [-0.2, -0.15) is 0 Å². The molecule has 0 unspecified atom stereocenters. The Morgan fingerprint density at radius 3 is 2.36 bits per heavy atom. The Morgan fingerprint density at radius 2 is 1.79 bits per heavy atom. The Hall–Kier alpha value is -1.20. The van der Waals surface area contributed by atoms with Crippen LogP contribution in [0.5, 0.6) is 0 Å². The number of hydrogen-bond acceptors (Lipinski definition) is 4. The summed E-state index contributed by atoms with van der Waals surface area (Å²) in [4.78, 5) is 23.4. The zero-order chi connectivity index (χ0) is 10.4. The topological polar surface area (TPSA) is 61.4 Å². The summed E-state index contributed by atoms with van der Waals surface area (Å²) in [6.07, 6.45) is 2.60.